The van der Waals surface area contributed by atoms with Crippen molar-refractivity contribution in [3.8, 4) is 0 Å². The Morgan fingerprint density at radius 1 is 1.40 bits per heavy atom. The molecule has 0 radical (unpaired) electrons. The number of carbonyl (C=O) groups is 2. The molecule has 0 aliphatic carbocycles. The van der Waals surface area contributed by atoms with Crippen LogP contribution in [0.3, 0.4) is 0 Å². The molecule has 0 spiro atoms. The number of amides is 1. The average Bonchev–Trinajstić information content (AvgIpc) is 2.37. The van der Waals surface area contributed by atoms with Gasteiger partial charge < -0.3 is 15.2 Å². The van der Waals surface area contributed by atoms with Gasteiger partial charge in [-0.1, -0.05) is 6.08 Å². The molecule has 108 valence electrons. The molecule has 1 aromatic carbocycles. The largest absolute Gasteiger partial charge is 0.478 e. The fourth-order valence-corrected chi connectivity index (χ4v) is 2.18. The van der Waals surface area contributed by atoms with E-state index in [1.54, 1.807) is 18.2 Å². The number of hydrogen-bond acceptors (Lipinski definition) is 3. The van der Waals surface area contributed by atoms with E-state index in [4.69, 9.17) is 9.84 Å². The summed E-state index contributed by atoms with van der Waals surface area (Å²) in [5.41, 5.74) is 0.646. The second-order valence-electron chi connectivity index (χ2n) is 4.05. The lowest BCUT2D eigenvalue weighted by atomic mass is 10.2. The van der Waals surface area contributed by atoms with Crippen molar-refractivity contribution in [2.75, 3.05) is 18.5 Å². The Balaban J connectivity index is 2.49. The number of anilines is 1. The summed E-state index contributed by atoms with van der Waals surface area (Å²) in [6, 6.07) is 4.71. The van der Waals surface area contributed by atoms with Crippen molar-refractivity contribution in [2.24, 2.45) is 0 Å². The Morgan fingerprint density at radius 2 is 2.15 bits per heavy atom. The molecule has 0 saturated heterocycles. The van der Waals surface area contributed by atoms with Crippen LogP contribution in [0.2, 0.25) is 0 Å². The van der Waals surface area contributed by atoms with Crippen molar-refractivity contribution in [3.63, 3.8) is 0 Å². The third kappa shape index (κ3) is 6.16. The van der Waals surface area contributed by atoms with Crippen molar-refractivity contribution in [2.45, 2.75) is 12.8 Å². The van der Waals surface area contributed by atoms with E-state index in [1.165, 1.54) is 6.07 Å². The first-order valence-corrected chi connectivity index (χ1v) is 7.13. The molecule has 0 saturated carbocycles. The summed E-state index contributed by atoms with van der Waals surface area (Å²) in [4.78, 5) is 22.6. The van der Waals surface area contributed by atoms with E-state index >= 15 is 0 Å². The Morgan fingerprint density at radius 3 is 2.80 bits per heavy atom. The third-order valence-corrected chi connectivity index (χ3v) is 2.98. The minimum atomic E-state index is -1.02. The monoisotopic (exact) mass is 389 g/mol. The number of aromatic carboxylic acids is 1. The lowest BCUT2D eigenvalue weighted by molar-refractivity contribution is -0.116. The summed E-state index contributed by atoms with van der Waals surface area (Å²) >= 11 is 2.01. The van der Waals surface area contributed by atoms with Gasteiger partial charge in [-0.2, -0.15) is 0 Å². The van der Waals surface area contributed by atoms with Gasteiger partial charge in [-0.3, -0.25) is 4.79 Å². The minimum absolute atomic E-state index is 0.154. The van der Waals surface area contributed by atoms with Gasteiger partial charge in [0.15, 0.2) is 0 Å². The zero-order valence-corrected chi connectivity index (χ0v) is 13.1. The van der Waals surface area contributed by atoms with Gasteiger partial charge in [0, 0.05) is 22.3 Å². The van der Waals surface area contributed by atoms with E-state index in [9.17, 15) is 9.59 Å². The van der Waals surface area contributed by atoms with Crippen molar-refractivity contribution >= 4 is 40.2 Å². The van der Waals surface area contributed by atoms with E-state index in [0.717, 1.165) is 3.57 Å². The van der Waals surface area contributed by atoms with Crippen LogP contribution in [0.25, 0.3) is 0 Å². The van der Waals surface area contributed by atoms with Gasteiger partial charge in [0.2, 0.25) is 5.91 Å². The third-order valence-electron chi connectivity index (χ3n) is 2.36. The highest BCUT2D eigenvalue weighted by Crippen LogP contribution is 2.17. The molecule has 6 heteroatoms. The zero-order valence-electron chi connectivity index (χ0n) is 10.9. The zero-order chi connectivity index (χ0) is 15.0. The van der Waals surface area contributed by atoms with Crippen LogP contribution >= 0.6 is 22.6 Å². The maximum Gasteiger partial charge on any atom is 0.335 e. The van der Waals surface area contributed by atoms with Crippen molar-refractivity contribution in [1.29, 1.82) is 0 Å². The minimum Gasteiger partial charge on any atom is -0.478 e. The van der Waals surface area contributed by atoms with Crippen molar-refractivity contribution in [3.05, 3.63) is 40.0 Å². The normalized spacial score (nSPS) is 10.1. The van der Waals surface area contributed by atoms with Crippen LogP contribution in [-0.2, 0) is 9.53 Å². The molecule has 0 atom stereocenters. The summed E-state index contributed by atoms with van der Waals surface area (Å²) in [7, 11) is 0. The lowest BCUT2D eigenvalue weighted by Crippen LogP contribution is -2.13. The highest BCUT2D eigenvalue weighted by atomic mass is 127. The molecule has 20 heavy (non-hydrogen) atoms. The number of benzene rings is 1. The summed E-state index contributed by atoms with van der Waals surface area (Å²) < 4.78 is 5.93. The van der Waals surface area contributed by atoms with Gasteiger partial charge in [0.25, 0.3) is 0 Å². The van der Waals surface area contributed by atoms with Gasteiger partial charge >= 0.3 is 5.97 Å². The van der Waals surface area contributed by atoms with Crippen LogP contribution in [0, 0.1) is 3.57 Å². The Hall–Kier alpha value is -1.41. The molecule has 0 fully saturated rings. The molecule has 0 heterocycles. The smallest absolute Gasteiger partial charge is 0.335 e. The van der Waals surface area contributed by atoms with E-state index in [2.05, 4.69) is 11.9 Å². The molecule has 0 aromatic heterocycles. The van der Waals surface area contributed by atoms with Gasteiger partial charge in [0.1, 0.15) is 0 Å². The van der Waals surface area contributed by atoms with Crippen LogP contribution < -0.4 is 5.32 Å². The van der Waals surface area contributed by atoms with E-state index in [1.807, 2.05) is 22.6 Å². The predicted octanol–water partition coefficient (Wildman–Crippen LogP) is 2.91. The van der Waals surface area contributed by atoms with Crippen molar-refractivity contribution in [1.82, 2.24) is 0 Å². The number of carbonyl (C=O) groups excluding carboxylic acids is 1. The predicted molar refractivity (Wildman–Crippen MR) is 85.0 cm³/mol. The molecule has 0 bridgehead atoms. The Bertz CT molecular complexity index is 502. The number of ether oxygens (including phenoxy) is 1. The molecule has 1 aromatic rings. The highest BCUT2D eigenvalue weighted by Gasteiger charge is 2.08. The number of carboxylic acids is 1. The van der Waals surface area contributed by atoms with Crippen LogP contribution in [0.5, 0.6) is 0 Å². The standard InChI is InChI=1S/C14H16INO4/c1-2-5-20-6-3-4-13(17)16-12-8-10(14(18)19)7-11(15)9-12/h2,7-9H,1,3-6H2,(H,16,17)(H,18,19). The Kier molecular flexibility index (Phi) is 7.24. The first-order chi connectivity index (χ1) is 9.52. The molecule has 0 aliphatic rings. The molecular weight excluding hydrogens is 373 g/mol. The molecule has 5 nitrogen and oxygen atoms in total. The van der Waals surface area contributed by atoms with Gasteiger partial charge in [-0.25, -0.2) is 4.79 Å². The number of hydrogen-bond donors (Lipinski definition) is 2. The lowest BCUT2D eigenvalue weighted by Gasteiger charge is -2.07. The fourth-order valence-electron chi connectivity index (χ4n) is 1.51. The summed E-state index contributed by atoms with van der Waals surface area (Å²) in [5, 5.41) is 11.6. The summed E-state index contributed by atoms with van der Waals surface area (Å²) in [5.74, 6) is -1.18. The van der Waals surface area contributed by atoms with Crippen LogP contribution in [0.15, 0.2) is 30.9 Å². The topological polar surface area (TPSA) is 75.6 Å². The van der Waals surface area contributed by atoms with E-state index < -0.39 is 5.97 Å². The molecular formula is C14H16INO4. The maximum atomic E-state index is 11.7. The maximum absolute atomic E-state index is 11.7. The molecule has 0 unspecified atom stereocenters. The highest BCUT2D eigenvalue weighted by molar-refractivity contribution is 14.1. The van der Waals surface area contributed by atoms with Gasteiger partial charge in [-0.15, -0.1) is 6.58 Å². The summed E-state index contributed by atoms with van der Waals surface area (Å²) in [6.45, 7) is 4.49. The fraction of sp³-hybridized carbons (Fsp3) is 0.286. The number of nitrogens with one attached hydrogen (secondary N) is 1. The molecule has 2 N–H and O–H groups in total. The number of carboxylic acid groups (broad SMARTS) is 1. The summed E-state index contributed by atoms with van der Waals surface area (Å²) in [6.07, 6.45) is 2.58. The molecule has 1 rings (SSSR count). The van der Waals surface area contributed by atoms with E-state index in [-0.39, 0.29) is 11.5 Å². The van der Waals surface area contributed by atoms with Crippen LogP contribution in [0.4, 0.5) is 5.69 Å². The second kappa shape index (κ2) is 8.70. The van der Waals surface area contributed by atoms with Gasteiger partial charge in [-0.05, 0) is 47.2 Å². The van der Waals surface area contributed by atoms with Gasteiger partial charge in [0.05, 0.1) is 12.2 Å². The quantitative estimate of drug-likeness (QED) is 0.407. The van der Waals surface area contributed by atoms with Crippen molar-refractivity contribution < 1.29 is 19.4 Å². The number of rotatable bonds is 8. The number of halogens is 1. The molecule has 0 aliphatic heterocycles. The molecule has 1 amide bonds. The second-order valence-corrected chi connectivity index (χ2v) is 5.29. The first-order valence-electron chi connectivity index (χ1n) is 6.05. The van der Waals surface area contributed by atoms with Crippen LogP contribution in [-0.4, -0.2) is 30.2 Å². The Labute approximate surface area is 131 Å². The first kappa shape index (κ1) is 16.6. The SMILES string of the molecule is C=CCOCCCC(=O)Nc1cc(I)cc(C(=O)O)c1. The van der Waals surface area contributed by atoms with E-state index in [0.29, 0.717) is 31.7 Å². The van der Waals surface area contributed by atoms with Crippen LogP contribution in [0.1, 0.15) is 23.2 Å². The average molecular weight is 389 g/mol.